The van der Waals surface area contributed by atoms with E-state index in [1.165, 1.54) is 30.2 Å². The van der Waals surface area contributed by atoms with Crippen molar-refractivity contribution in [3.8, 4) is 11.5 Å². The molecule has 4 rings (SSSR count). The fourth-order valence-corrected chi connectivity index (χ4v) is 5.29. The van der Waals surface area contributed by atoms with Crippen LogP contribution in [0, 0.1) is 13.8 Å². The van der Waals surface area contributed by atoms with Gasteiger partial charge in [-0.05, 0) is 61.0 Å². The largest absolute Gasteiger partial charge is 0.493 e. The lowest BCUT2D eigenvalue weighted by atomic mass is 10.1. The number of nitrogens with zero attached hydrogens (tertiary/aromatic N) is 1. The van der Waals surface area contributed by atoms with Crippen molar-refractivity contribution in [2.45, 2.75) is 25.3 Å². The minimum Gasteiger partial charge on any atom is -0.493 e. The number of thioether (sulfide) groups is 1. The highest BCUT2D eigenvalue weighted by atomic mass is 32.2. The zero-order valence-corrected chi connectivity index (χ0v) is 21.0. The van der Waals surface area contributed by atoms with Gasteiger partial charge >= 0.3 is 10.1 Å². The summed E-state index contributed by atoms with van der Waals surface area (Å²) < 4.78 is 36.7. The Morgan fingerprint density at radius 3 is 2.34 bits per heavy atom. The lowest BCUT2D eigenvalue weighted by Gasteiger charge is -2.14. The van der Waals surface area contributed by atoms with Crippen LogP contribution in [0.4, 0.5) is 4.79 Å². The molecule has 0 spiro atoms. The van der Waals surface area contributed by atoms with Gasteiger partial charge in [-0.15, -0.1) is 0 Å². The molecule has 1 aliphatic heterocycles. The predicted molar refractivity (Wildman–Crippen MR) is 135 cm³/mol. The first kappa shape index (κ1) is 24.6. The summed E-state index contributed by atoms with van der Waals surface area (Å²) in [6.45, 7) is 3.91. The van der Waals surface area contributed by atoms with Gasteiger partial charge in [-0.2, -0.15) is 8.42 Å². The van der Waals surface area contributed by atoms with Crippen LogP contribution in [-0.4, -0.2) is 31.6 Å². The van der Waals surface area contributed by atoms with E-state index in [9.17, 15) is 18.0 Å². The van der Waals surface area contributed by atoms with Crippen molar-refractivity contribution in [3.05, 3.63) is 93.9 Å². The van der Waals surface area contributed by atoms with Gasteiger partial charge in [0.15, 0.2) is 11.5 Å². The first-order chi connectivity index (χ1) is 16.7. The van der Waals surface area contributed by atoms with Gasteiger partial charge in [0, 0.05) is 5.56 Å². The van der Waals surface area contributed by atoms with Crippen LogP contribution < -0.4 is 8.92 Å². The number of rotatable bonds is 7. The Kier molecular flexibility index (Phi) is 7.00. The molecule has 0 radical (unpaired) electrons. The molecular formula is C26H23NO6S2. The molecule has 35 heavy (non-hydrogen) atoms. The Morgan fingerprint density at radius 1 is 0.943 bits per heavy atom. The summed E-state index contributed by atoms with van der Waals surface area (Å²) in [6.07, 6.45) is 1.45. The Labute approximate surface area is 208 Å². The minimum atomic E-state index is -4.18. The molecule has 1 aliphatic rings. The van der Waals surface area contributed by atoms with E-state index in [1.54, 1.807) is 30.3 Å². The summed E-state index contributed by atoms with van der Waals surface area (Å²) >= 11 is 0.793. The Morgan fingerprint density at radius 2 is 1.66 bits per heavy atom. The fourth-order valence-electron chi connectivity index (χ4n) is 3.49. The average molecular weight is 510 g/mol. The number of para-hydroxylation sites is 1. The van der Waals surface area contributed by atoms with E-state index in [1.807, 2.05) is 38.1 Å². The second-order valence-electron chi connectivity index (χ2n) is 7.92. The molecule has 3 aromatic carbocycles. The number of aryl methyl sites for hydroxylation is 2. The normalized spacial score (nSPS) is 15.1. The fraction of sp³-hybridized carbons (Fsp3) is 0.154. The lowest BCUT2D eigenvalue weighted by molar-refractivity contribution is -0.123. The number of carbonyl (C=O) groups excluding carboxylic acids is 2. The zero-order valence-electron chi connectivity index (χ0n) is 19.3. The maximum atomic E-state index is 13.1. The molecule has 1 heterocycles. The molecule has 0 bridgehead atoms. The van der Waals surface area contributed by atoms with Gasteiger partial charge in [0.1, 0.15) is 4.90 Å². The molecule has 0 aromatic heterocycles. The van der Waals surface area contributed by atoms with Crippen LogP contribution in [0.15, 0.2) is 76.5 Å². The van der Waals surface area contributed by atoms with E-state index in [0.29, 0.717) is 5.56 Å². The third-order valence-electron chi connectivity index (χ3n) is 5.48. The van der Waals surface area contributed by atoms with Crippen LogP contribution >= 0.6 is 11.8 Å². The van der Waals surface area contributed by atoms with Gasteiger partial charge in [0.25, 0.3) is 11.1 Å². The van der Waals surface area contributed by atoms with Crippen LogP contribution in [0.5, 0.6) is 11.5 Å². The highest BCUT2D eigenvalue weighted by Gasteiger charge is 2.35. The van der Waals surface area contributed by atoms with Crippen LogP contribution in [0.1, 0.15) is 22.3 Å². The molecule has 0 saturated carbocycles. The SMILES string of the molecule is COc1cccc(/C=C2\SC(=O)N(Cc3ccccc3C)C2=O)c1OS(=O)(=O)c1ccc(C)cc1. The second kappa shape index (κ2) is 9.97. The number of carbonyl (C=O) groups is 2. The number of amides is 2. The number of ether oxygens (including phenoxy) is 1. The van der Waals surface area contributed by atoms with Crippen molar-refractivity contribution in [2.75, 3.05) is 7.11 Å². The van der Waals surface area contributed by atoms with E-state index in [2.05, 4.69) is 0 Å². The first-order valence-corrected chi connectivity index (χ1v) is 12.9. The summed E-state index contributed by atoms with van der Waals surface area (Å²) in [5, 5.41) is -0.401. The summed E-state index contributed by atoms with van der Waals surface area (Å²) in [6, 6.07) is 18.6. The number of methoxy groups -OCH3 is 1. The minimum absolute atomic E-state index is 0.0153. The topological polar surface area (TPSA) is 90.0 Å². The summed E-state index contributed by atoms with van der Waals surface area (Å²) in [5.74, 6) is -0.353. The summed E-state index contributed by atoms with van der Waals surface area (Å²) in [7, 11) is -2.79. The van der Waals surface area contributed by atoms with Crippen molar-refractivity contribution in [1.82, 2.24) is 4.90 Å². The van der Waals surface area contributed by atoms with Crippen molar-refractivity contribution >= 4 is 39.1 Å². The van der Waals surface area contributed by atoms with E-state index >= 15 is 0 Å². The van der Waals surface area contributed by atoms with Gasteiger partial charge < -0.3 is 8.92 Å². The lowest BCUT2D eigenvalue weighted by Crippen LogP contribution is -2.27. The number of imide groups is 1. The number of benzene rings is 3. The Hall–Kier alpha value is -3.56. The van der Waals surface area contributed by atoms with Crippen molar-refractivity contribution in [3.63, 3.8) is 0 Å². The molecule has 0 N–H and O–H groups in total. The van der Waals surface area contributed by atoms with Crippen LogP contribution in [0.25, 0.3) is 6.08 Å². The standard InChI is InChI=1S/C26H23NO6S2/c1-17-11-13-21(14-12-17)35(30,31)33-24-19(9-6-10-22(24)32-3)15-23-25(28)27(26(29)34-23)16-20-8-5-4-7-18(20)2/h4-15H,16H2,1-3H3/b23-15-. The van der Waals surface area contributed by atoms with Gasteiger partial charge in [-0.3, -0.25) is 14.5 Å². The van der Waals surface area contributed by atoms with Crippen molar-refractivity contribution in [2.24, 2.45) is 0 Å². The predicted octanol–water partition coefficient (Wildman–Crippen LogP) is 5.32. The van der Waals surface area contributed by atoms with Crippen LogP contribution in [0.2, 0.25) is 0 Å². The third-order valence-corrected chi connectivity index (χ3v) is 7.62. The molecule has 1 fully saturated rings. The molecule has 7 nitrogen and oxygen atoms in total. The van der Waals surface area contributed by atoms with Gasteiger partial charge in [-0.1, -0.05) is 54.1 Å². The Balaban J connectivity index is 1.67. The number of hydrogen-bond acceptors (Lipinski definition) is 7. The quantitative estimate of drug-likeness (QED) is 0.315. The first-order valence-electron chi connectivity index (χ1n) is 10.7. The van der Waals surface area contributed by atoms with Crippen LogP contribution in [-0.2, 0) is 21.5 Å². The molecule has 1 saturated heterocycles. The number of hydrogen-bond donors (Lipinski definition) is 0. The van der Waals surface area contributed by atoms with Crippen molar-refractivity contribution < 1.29 is 26.9 Å². The molecule has 9 heteroatoms. The maximum Gasteiger partial charge on any atom is 0.339 e. The van der Waals surface area contributed by atoms with E-state index in [4.69, 9.17) is 8.92 Å². The molecule has 2 amide bonds. The van der Waals surface area contributed by atoms with Gasteiger partial charge in [0.05, 0.1) is 18.6 Å². The van der Waals surface area contributed by atoms with Gasteiger partial charge in [0.2, 0.25) is 0 Å². The van der Waals surface area contributed by atoms with E-state index in [0.717, 1.165) is 28.5 Å². The van der Waals surface area contributed by atoms with E-state index < -0.39 is 21.3 Å². The molecule has 180 valence electrons. The highest BCUT2D eigenvalue weighted by Crippen LogP contribution is 2.39. The second-order valence-corrected chi connectivity index (χ2v) is 10.5. The Bertz CT molecular complexity index is 1430. The molecule has 0 unspecified atom stereocenters. The monoisotopic (exact) mass is 509 g/mol. The molecule has 3 aromatic rings. The highest BCUT2D eigenvalue weighted by molar-refractivity contribution is 8.18. The molecular weight excluding hydrogens is 486 g/mol. The maximum absolute atomic E-state index is 13.1. The molecule has 0 atom stereocenters. The van der Waals surface area contributed by atoms with Gasteiger partial charge in [-0.25, -0.2) is 0 Å². The zero-order chi connectivity index (χ0) is 25.2. The average Bonchev–Trinajstić information content (AvgIpc) is 3.09. The summed E-state index contributed by atoms with van der Waals surface area (Å²) in [5.41, 5.74) is 3.04. The molecule has 0 aliphatic carbocycles. The van der Waals surface area contributed by atoms with Crippen LogP contribution in [0.3, 0.4) is 0 Å². The smallest absolute Gasteiger partial charge is 0.339 e. The van der Waals surface area contributed by atoms with E-state index in [-0.39, 0.29) is 27.8 Å². The third kappa shape index (κ3) is 5.26. The summed E-state index contributed by atoms with van der Waals surface area (Å²) in [4.78, 5) is 27.0. The van der Waals surface area contributed by atoms with Crippen molar-refractivity contribution in [1.29, 1.82) is 0 Å².